The second-order valence-electron chi connectivity index (χ2n) is 4.45. The van der Waals surface area contributed by atoms with Gasteiger partial charge in [0, 0.05) is 10.2 Å². The summed E-state index contributed by atoms with van der Waals surface area (Å²) in [6, 6.07) is 11.3. The van der Waals surface area contributed by atoms with E-state index in [1.807, 2.05) is 43.4 Å². The summed E-state index contributed by atoms with van der Waals surface area (Å²) < 4.78 is 6.21. The number of halogens is 1. The Morgan fingerprint density at radius 1 is 1.37 bits per heavy atom. The number of anilines is 1. The summed E-state index contributed by atoms with van der Waals surface area (Å²) in [5.41, 5.74) is 0.796. The first-order chi connectivity index (χ1) is 9.13. The molecule has 1 aromatic carbocycles. The molecule has 2 aromatic rings. The Kier molecular flexibility index (Phi) is 4.76. The Morgan fingerprint density at radius 2 is 2.21 bits per heavy atom. The van der Waals surface area contributed by atoms with Crippen molar-refractivity contribution in [1.82, 2.24) is 0 Å². The Morgan fingerprint density at radius 3 is 2.89 bits per heavy atom. The highest BCUT2D eigenvalue weighted by Crippen LogP contribution is 2.15. The summed E-state index contributed by atoms with van der Waals surface area (Å²) in [5, 5.41) is 2.87. The average Bonchev–Trinajstić information content (AvgIpc) is 2.81. The first kappa shape index (κ1) is 13.8. The number of carbonyl (C=O) groups is 1. The number of benzene rings is 1. The third-order valence-electron chi connectivity index (χ3n) is 2.63. The minimum Gasteiger partial charge on any atom is -0.463 e. The Labute approximate surface area is 120 Å². The largest absolute Gasteiger partial charge is 0.463 e. The summed E-state index contributed by atoms with van der Waals surface area (Å²) in [6.45, 7) is 1.09. The van der Waals surface area contributed by atoms with Crippen molar-refractivity contribution in [3.8, 4) is 0 Å². The lowest BCUT2D eigenvalue weighted by Gasteiger charge is -2.12. The fourth-order valence-electron chi connectivity index (χ4n) is 1.82. The van der Waals surface area contributed by atoms with Gasteiger partial charge in [0.05, 0.1) is 13.3 Å². The minimum absolute atomic E-state index is 0.0119. The van der Waals surface area contributed by atoms with E-state index >= 15 is 0 Å². The Hall–Kier alpha value is -1.59. The molecule has 0 aliphatic heterocycles. The lowest BCUT2D eigenvalue weighted by Crippen LogP contribution is -3.08. The molecule has 1 unspecified atom stereocenters. The van der Waals surface area contributed by atoms with Crippen molar-refractivity contribution >= 4 is 27.5 Å². The van der Waals surface area contributed by atoms with E-state index in [4.69, 9.17) is 4.42 Å². The number of quaternary nitrogens is 1. The van der Waals surface area contributed by atoms with Gasteiger partial charge in [0.1, 0.15) is 6.54 Å². The molecule has 2 N–H and O–H groups in total. The van der Waals surface area contributed by atoms with Gasteiger partial charge in [0.25, 0.3) is 5.91 Å². The quantitative estimate of drug-likeness (QED) is 0.879. The topological polar surface area (TPSA) is 46.7 Å². The molecule has 1 amide bonds. The summed E-state index contributed by atoms with van der Waals surface area (Å²) in [7, 11) is 1.96. The Bertz CT molecular complexity index is 540. The van der Waals surface area contributed by atoms with E-state index in [9.17, 15) is 4.79 Å². The molecule has 0 radical (unpaired) electrons. The molecule has 5 heteroatoms. The molecule has 0 aliphatic carbocycles. The molecule has 0 saturated carbocycles. The van der Waals surface area contributed by atoms with Crippen molar-refractivity contribution in [3.63, 3.8) is 0 Å². The van der Waals surface area contributed by atoms with E-state index in [0.29, 0.717) is 13.1 Å². The molecule has 2 rings (SSSR count). The number of amides is 1. The molecule has 0 fully saturated rings. The van der Waals surface area contributed by atoms with Crippen LogP contribution in [0.5, 0.6) is 0 Å². The van der Waals surface area contributed by atoms with Crippen molar-refractivity contribution in [2.45, 2.75) is 6.54 Å². The normalized spacial score (nSPS) is 12.1. The molecule has 4 nitrogen and oxygen atoms in total. The van der Waals surface area contributed by atoms with Crippen molar-refractivity contribution < 1.29 is 14.1 Å². The molecule has 1 heterocycles. The molecular formula is C14H16BrN2O2+. The van der Waals surface area contributed by atoms with Crippen LogP contribution in [0.2, 0.25) is 0 Å². The van der Waals surface area contributed by atoms with Gasteiger partial charge in [-0.1, -0.05) is 22.0 Å². The maximum Gasteiger partial charge on any atom is 0.279 e. The zero-order valence-corrected chi connectivity index (χ0v) is 12.2. The molecule has 100 valence electrons. The fourth-order valence-corrected chi connectivity index (χ4v) is 2.22. The number of nitrogens with one attached hydrogen (secondary N) is 2. The maximum atomic E-state index is 11.9. The van der Waals surface area contributed by atoms with Gasteiger partial charge in [0.15, 0.2) is 12.3 Å². The van der Waals surface area contributed by atoms with E-state index in [1.165, 1.54) is 0 Å². The average molecular weight is 324 g/mol. The highest BCUT2D eigenvalue weighted by atomic mass is 79.9. The summed E-state index contributed by atoms with van der Waals surface area (Å²) in [6.07, 6.45) is 1.64. The van der Waals surface area contributed by atoms with E-state index in [1.54, 1.807) is 6.26 Å². The van der Waals surface area contributed by atoms with Gasteiger partial charge in [0.2, 0.25) is 0 Å². The number of furan rings is 1. The van der Waals surface area contributed by atoms with Gasteiger partial charge >= 0.3 is 0 Å². The van der Waals surface area contributed by atoms with Crippen molar-refractivity contribution in [3.05, 3.63) is 52.9 Å². The number of rotatable bonds is 5. The van der Waals surface area contributed by atoms with Crippen LogP contribution in [0.1, 0.15) is 5.76 Å². The summed E-state index contributed by atoms with van der Waals surface area (Å²) in [4.78, 5) is 13.0. The van der Waals surface area contributed by atoms with Gasteiger partial charge in [-0.3, -0.25) is 4.79 Å². The molecule has 0 bridgehead atoms. The second kappa shape index (κ2) is 6.54. The van der Waals surface area contributed by atoms with E-state index < -0.39 is 0 Å². The molecular weight excluding hydrogens is 308 g/mol. The van der Waals surface area contributed by atoms with Crippen molar-refractivity contribution in [1.29, 1.82) is 0 Å². The first-order valence-corrected chi connectivity index (χ1v) is 6.82. The lowest BCUT2D eigenvalue weighted by molar-refractivity contribution is -0.886. The highest BCUT2D eigenvalue weighted by Gasteiger charge is 2.12. The molecule has 1 atom stereocenters. The predicted molar refractivity (Wildman–Crippen MR) is 76.9 cm³/mol. The van der Waals surface area contributed by atoms with Crippen LogP contribution in [0.15, 0.2) is 51.6 Å². The first-order valence-electron chi connectivity index (χ1n) is 6.02. The van der Waals surface area contributed by atoms with Gasteiger partial charge in [-0.25, -0.2) is 0 Å². The molecule has 0 spiro atoms. The SMILES string of the molecule is C[NH+](CC(=O)Nc1cccc(Br)c1)Cc1ccco1. The zero-order valence-electron chi connectivity index (χ0n) is 10.7. The second-order valence-corrected chi connectivity index (χ2v) is 5.36. The molecule has 1 aromatic heterocycles. The predicted octanol–water partition coefficient (Wildman–Crippen LogP) is 1.70. The number of carbonyl (C=O) groups excluding carboxylic acids is 1. The third kappa shape index (κ3) is 4.54. The lowest BCUT2D eigenvalue weighted by atomic mass is 10.3. The highest BCUT2D eigenvalue weighted by molar-refractivity contribution is 9.10. The minimum atomic E-state index is -0.0119. The number of likely N-dealkylation sites (N-methyl/N-ethyl adjacent to an activating group) is 1. The van der Waals surface area contributed by atoms with Crippen molar-refractivity contribution in [2.24, 2.45) is 0 Å². The van der Waals surface area contributed by atoms with Crippen LogP contribution in [0.3, 0.4) is 0 Å². The number of hydrogen-bond acceptors (Lipinski definition) is 2. The third-order valence-corrected chi connectivity index (χ3v) is 3.12. The van der Waals surface area contributed by atoms with Gasteiger partial charge < -0.3 is 14.6 Å². The Balaban J connectivity index is 1.84. The van der Waals surface area contributed by atoms with E-state index in [0.717, 1.165) is 20.8 Å². The zero-order chi connectivity index (χ0) is 13.7. The standard InChI is InChI=1S/C14H15BrN2O2/c1-17(9-13-6-3-7-19-13)10-14(18)16-12-5-2-4-11(15)8-12/h2-8H,9-10H2,1H3,(H,16,18)/p+1. The van der Waals surface area contributed by atoms with Crippen LogP contribution < -0.4 is 10.2 Å². The maximum absolute atomic E-state index is 11.9. The van der Waals surface area contributed by atoms with Crippen LogP contribution >= 0.6 is 15.9 Å². The van der Waals surface area contributed by atoms with E-state index in [-0.39, 0.29) is 5.91 Å². The van der Waals surface area contributed by atoms with E-state index in [2.05, 4.69) is 21.2 Å². The van der Waals surface area contributed by atoms with Crippen LogP contribution in [0, 0.1) is 0 Å². The smallest absolute Gasteiger partial charge is 0.279 e. The van der Waals surface area contributed by atoms with Crippen LogP contribution in [-0.2, 0) is 11.3 Å². The molecule has 0 aliphatic rings. The van der Waals surface area contributed by atoms with Gasteiger partial charge in [-0.2, -0.15) is 0 Å². The fraction of sp³-hybridized carbons (Fsp3) is 0.214. The summed E-state index contributed by atoms with van der Waals surface area (Å²) in [5.74, 6) is 0.870. The van der Waals surface area contributed by atoms with Crippen LogP contribution in [0.25, 0.3) is 0 Å². The molecule has 19 heavy (non-hydrogen) atoms. The number of hydrogen-bond donors (Lipinski definition) is 2. The van der Waals surface area contributed by atoms with Crippen molar-refractivity contribution in [2.75, 3.05) is 18.9 Å². The molecule has 0 saturated heterocycles. The van der Waals surface area contributed by atoms with Gasteiger partial charge in [-0.05, 0) is 30.3 Å². The van der Waals surface area contributed by atoms with Crippen LogP contribution in [-0.4, -0.2) is 19.5 Å². The summed E-state index contributed by atoms with van der Waals surface area (Å²) >= 11 is 3.37. The van der Waals surface area contributed by atoms with Crippen LogP contribution in [0.4, 0.5) is 5.69 Å². The van der Waals surface area contributed by atoms with Gasteiger partial charge in [-0.15, -0.1) is 0 Å². The monoisotopic (exact) mass is 323 g/mol.